The zero-order chi connectivity index (χ0) is 13.5. The van der Waals surface area contributed by atoms with Gasteiger partial charge < -0.3 is 20.3 Å². The van der Waals surface area contributed by atoms with Crippen molar-refractivity contribution in [3.8, 4) is 0 Å². The average Bonchev–Trinajstić information content (AvgIpc) is 2.67. The van der Waals surface area contributed by atoms with E-state index in [1.54, 1.807) is 19.4 Å². The van der Waals surface area contributed by atoms with Gasteiger partial charge in [-0.1, -0.05) is 0 Å². The van der Waals surface area contributed by atoms with Crippen molar-refractivity contribution in [2.45, 2.75) is 38.9 Å². The summed E-state index contributed by atoms with van der Waals surface area (Å²) in [5.74, 6) is -0.936. The van der Waals surface area contributed by atoms with E-state index in [9.17, 15) is 9.59 Å². The van der Waals surface area contributed by atoms with Crippen molar-refractivity contribution >= 4 is 12.0 Å². The van der Waals surface area contributed by atoms with Gasteiger partial charge in [0.05, 0.1) is 12.7 Å². The zero-order valence-electron chi connectivity index (χ0n) is 10.5. The summed E-state index contributed by atoms with van der Waals surface area (Å²) in [6, 6.07) is -0.837. The number of hydrogen-bond acceptors (Lipinski definition) is 3. The second-order valence-corrected chi connectivity index (χ2v) is 4.28. The zero-order valence-corrected chi connectivity index (χ0v) is 10.5. The Balaban J connectivity index is 2.29. The van der Waals surface area contributed by atoms with Crippen LogP contribution in [0.1, 0.15) is 20.3 Å². The van der Waals surface area contributed by atoms with E-state index in [0.717, 1.165) is 0 Å². The van der Waals surface area contributed by atoms with Crippen molar-refractivity contribution in [1.29, 1.82) is 0 Å². The maximum Gasteiger partial charge on any atom is 0.315 e. The number of carboxylic acid groups (broad SMARTS) is 1. The highest BCUT2D eigenvalue weighted by molar-refractivity contribution is 5.75. The Labute approximate surface area is 105 Å². The van der Waals surface area contributed by atoms with Crippen LogP contribution in [0.2, 0.25) is 0 Å². The molecule has 0 saturated heterocycles. The Kier molecular flexibility index (Phi) is 5.16. The normalized spacial score (nSPS) is 13.7. The lowest BCUT2D eigenvalue weighted by atomic mass is 10.2. The molecule has 0 fully saturated rings. The molecule has 0 radical (unpaired) electrons. The minimum absolute atomic E-state index is 0.0729. The highest BCUT2D eigenvalue weighted by Crippen LogP contribution is 1.93. The third-order valence-corrected chi connectivity index (χ3v) is 2.28. The van der Waals surface area contributed by atoms with Gasteiger partial charge in [0.2, 0.25) is 0 Å². The molecule has 0 bridgehead atoms. The van der Waals surface area contributed by atoms with Crippen LogP contribution in [-0.4, -0.2) is 38.7 Å². The summed E-state index contributed by atoms with van der Waals surface area (Å²) in [5, 5.41) is 13.9. The van der Waals surface area contributed by atoms with Crippen LogP contribution in [0.5, 0.6) is 0 Å². The summed E-state index contributed by atoms with van der Waals surface area (Å²) in [6.45, 7) is 4.12. The molecule has 0 spiro atoms. The third kappa shape index (κ3) is 5.33. The van der Waals surface area contributed by atoms with E-state index in [4.69, 9.17) is 5.11 Å². The van der Waals surface area contributed by atoms with Crippen LogP contribution in [0.4, 0.5) is 4.79 Å². The first-order valence-electron chi connectivity index (χ1n) is 5.72. The van der Waals surface area contributed by atoms with Gasteiger partial charge in [-0.2, -0.15) is 0 Å². The Bertz CT molecular complexity index is 391. The highest BCUT2D eigenvalue weighted by atomic mass is 16.4. The summed E-state index contributed by atoms with van der Waals surface area (Å²) in [6.07, 6.45) is 5.05. The van der Waals surface area contributed by atoms with Gasteiger partial charge in [-0.15, -0.1) is 0 Å². The van der Waals surface area contributed by atoms with E-state index in [1.165, 1.54) is 0 Å². The van der Waals surface area contributed by atoms with Crippen molar-refractivity contribution in [3.63, 3.8) is 0 Å². The number of aromatic nitrogens is 2. The van der Waals surface area contributed by atoms with Gasteiger partial charge in [-0.25, -0.2) is 9.78 Å². The molecule has 2 unspecified atom stereocenters. The van der Waals surface area contributed by atoms with E-state index in [0.29, 0.717) is 6.54 Å². The third-order valence-electron chi connectivity index (χ3n) is 2.28. The maximum atomic E-state index is 11.5. The number of nitrogens with zero attached hydrogens (tertiary/aromatic N) is 2. The Morgan fingerprint density at radius 2 is 2.00 bits per heavy atom. The Hall–Kier alpha value is -2.05. The number of carbonyl (C=O) groups is 2. The molecule has 18 heavy (non-hydrogen) atoms. The summed E-state index contributed by atoms with van der Waals surface area (Å²) >= 11 is 0. The molecule has 1 heterocycles. The topological polar surface area (TPSA) is 96.3 Å². The number of imidazole rings is 1. The predicted molar refractivity (Wildman–Crippen MR) is 65.1 cm³/mol. The van der Waals surface area contributed by atoms with Crippen LogP contribution in [0.3, 0.4) is 0 Å². The van der Waals surface area contributed by atoms with Gasteiger partial charge >= 0.3 is 12.0 Å². The predicted octanol–water partition coefficient (Wildman–Crippen LogP) is 0.434. The fourth-order valence-electron chi connectivity index (χ4n) is 1.56. The number of carboxylic acids is 1. The molecule has 3 N–H and O–H groups in total. The number of urea groups is 1. The minimum atomic E-state index is -0.936. The van der Waals surface area contributed by atoms with Crippen molar-refractivity contribution in [3.05, 3.63) is 18.7 Å². The van der Waals surface area contributed by atoms with Crippen LogP contribution in [0.25, 0.3) is 0 Å². The van der Waals surface area contributed by atoms with Gasteiger partial charge in [0.25, 0.3) is 0 Å². The molecule has 1 aromatic rings. The van der Waals surface area contributed by atoms with Crippen molar-refractivity contribution in [2.24, 2.45) is 0 Å². The lowest BCUT2D eigenvalue weighted by Crippen LogP contribution is -2.46. The molecule has 0 aliphatic rings. The van der Waals surface area contributed by atoms with Crippen LogP contribution < -0.4 is 10.6 Å². The van der Waals surface area contributed by atoms with E-state index in [1.807, 2.05) is 17.7 Å². The SMILES string of the molecule is CC(CC(=O)O)NC(=O)NC(C)Cn1ccnc1. The Morgan fingerprint density at radius 1 is 1.33 bits per heavy atom. The molecule has 100 valence electrons. The minimum Gasteiger partial charge on any atom is -0.481 e. The number of aliphatic carboxylic acids is 1. The van der Waals surface area contributed by atoms with Gasteiger partial charge in [-0.3, -0.25) is 4.79 Å². The van der Waals surface area contributed by atoms with Gasteiger partial charge in [0.1, 0.15) is 0 Å². The van der Waals surface area contributed by atoms with Gasteiger partial charge in [0, 0.05) is 31.0 Å². The molecule has 7 heteroatoms. The molecule has 1 aromatic heterocycles. The molecule has 7 nitrogen and oxygen atoms in total. The van der Waals surface area contributed by atoms with Crippen molar-refractivity contribution < 1.29 is 14.7 Å². The Morgan fingerprint density at radius 3 is 2.56 bits per heavy atom. The van der Waals surface area contributed by atoms with Gasteiger partial charge in [-0.05, 0) is 13.8 Å². The van der Waals surface area contributed by atoms with E-state index < -0.39 is 12.0 Å². The molecule has 2 atom stereocenters. The van der Waals surface area contributed by atoms with E-state index in [2.05, 4.69) is 15.6 Å². The summed E-state index contributed by atoms with van der Waals surface area (Å²) in [5.41, 5.74) is 0. The van der Waals surface area contributed by atoms with Crippen LogP contribution >= 0.6 is 0 Å². The second kappa shape index (κ2) is 6.63. The largest absolute Gasteiger partial charge is 0.481 e. The standard InChI is InChI=1S/C11H18N4O3/c1-8(5-10(16)17)13-11(18)14-9(2)6-15-4-3-12-7-15/h3-4,7-9H,5-6H2,1-2H3,(H,16,17)(H2,13,14,18). The molecular weight excluding hydrogens is 236 g/mol. The van der Waals surface area contributed by atoms with Crippen molar-refractivity contribution in [2.75, 3.05) is 0 Å². The average molecular weight is 254 g/mol. The molecule has 0 aliphatic carbocycles. The highest BCUT2D eigenvalue weighted by Gasteiger charge is 2.12. The molecule has 2 amide bonds. The van der Waals surface area contributed by atoms with Gasteiger partial charge in [0.15, 0.2) is 0 Å². The van der Waals surface area contributed by atoms with Crippen LogP contribution in [-0.2, 0) is 11.3 Å². The van der Waals surface area contributed by atoms with Crippen molar-refractivity contribution in [1.82, 2.24) is 20.2 Å². The molecule has 0 saturated carbocycles. The van der Waals surface area contributed by atoms with E-state index in [-0.39, 0.29) is 18.5 Å². The number of hydrogen-bond donors (Lipinski definition) is 3. The number of rotatable bonds is 6. The molecule has 0 aliphatic heterocycles. The molecule has 1 rings (SSSR count). The van der Waals surface area contributed by atoms with Crippen LogP contribution in [0, 0.1) is 0 Å². The lowest BCUT2D eigenvalue weighted by molar-refractivity contribution is -0.137. The first-order chi connectivity index (χ1) is 8.47. The maximum absolute atomic E-state index is 11.5. The smallest absolute Gasteiger partial charge is 0.315 e. The summed E-state index contributed by atoms with van der Waals surface area (Å²) < 4.78 is 1.85. The molecular formula is C11H18N4O3. The first-order valence-corrected chi connectivity index (χ1v) is 5.72. The fraction of sp³-hybridized carbons (Fsp3) is 0.545. The number of nitrogens with one attached hydrogen (secondary N) is 2. The quantitative estimate of drug-likeness (QED) is 0.686. The fourth-order valence-corrected chi connectivity index (χ4v) is 1.56. The summed E-state index contributed by atoms with van der Waals surface area (Å²) in [4.78, 5) is 25.9. The number of carbonyl (C=O) groups excluding carboxylic acids is 1. The lowest BCUT2D eigenvalue weighted by Gasteiger charge is -2.17. The summed E-state index contributed by atoms with van der Waals surface area (Å²) in [7, 11) is 0. The second-order valence-electron chi connectivity index (χ2n) is 4.28. The van der Waals surface area contributed by atoms with Crippen LogP contribution in [0.15, 0.2) is 18.7 Å². The van der Waals surface area contributed by atoms with E-state index >= 15 is 0 Å². The monoisotopic (exact) mass is 254 g/mol. The molecule has 0 aromatic carbocycles. The first kappa shape index (κ1) is 14.0. The number of amides is 2.